The van der Waals surface area contributed by atoms with E-state index < -0.39 is 0 Å². The summed E-state index contributed by atoms with van der Waals surface area (Å²) in [5.41, 5.74) is 1.37. The van der Waals surface area contributed by atoms with E-state index in [1.54, 1.807) is 24.3 Å². The Hall–Kier alpha value is -2.93. The number of rotatable bonds is 7. The summed E-state index contributed by atoms with van der Waals surface area (Å²) < 4.78 is 37.5. The average molecular weight is 449 g/mol. The van der Waals surface area contributed by atoms with E-state index >= 15 is 0 Å². The first kappa shape index (κ1) is 19.8. The maximum absolute atomic E-state index is 13.0. The van der Waals surface area contributed by atoms with Crippen molar-refractivity contribution < 1.29 is 28.2 Å². The summed E-state index contributed by atoms with van der Waals surface area (Å²) in [7, 11) is 0. The molecule has 0 heterocycles. The van der Waals surface area contributed by atoms with Gasteiger partial charge in [0.25, 0.3) is 0 Å². The van der Waals surface area contributed by atoms with E-state index in [1.165, 1.54) is 30.3 Å². The van der Waals surface area contributed by atoms with Gasteiger partial charge >= 0.3 is 0 Å². The molecule has 0 aliphatic rings. The quantitative estimate of drug-likeness (QED) is 0.491. The highest BCUT2D eigenvalue weighted by Crippen LogP contribution is 2.42. The fraction of sp³-hybridized carbons (Fsp3) is 0.0952. The van der Waals surface area contributed by atoms with Gasteiger partial charge in [0.05, 0.1) is 5.56 Å². The summed E-state index contributed by atoms with van der Waals surface area (Å²) in [4.78, 5) is 11.4. The molecule has 0 unspecified atom stereocenters. The highest BCUT2D eigenvalue weighted by molar-refractivity contribution is 9.10. The lowest BCUT2D eigenvalue weighted by Crippen LogP contribution is -2.02. The Bertz CT molecular complexity index is 973. The average Bonchev–Trinajstić information content (AvgIpc) is 2.70. The van der Waals surface area contributed by atoms with Gasteiger partial charge in [-0.15, -0.1) is 0 Å². The van der Waals surface area contributed by atoms with Crippen LogP contribution in [-0.2, 0) is 13.2 Å². The summed E-state index contributed by atoms with van der Waals surface area (Å²) in [6.45, 7) is 0.190. The highest BCUT2D eigenvalue weighted by atomic mass is 79.9. The van der Waals surface area contributed by atoms with Crippen LogP contribution in [0.2, 0.25) is 0 Å². The van der Waals surface area contributed by atoms with Crippen molar-refractivity contribution in [2.75, 3.05) is 0 Å². The predicted octanol–water partition coefficient (Wildman–Crippen LogP) is 5.40. The number of ether oxygens (including phenoxy) is 2. The van der Waals surface area contributed by atoms with Crippen molar-refractivity contribution in [1.29, 1.82) is 0 Å². The molecule has 3 aromatic rings. The van der Waals surface area contributed by atoms with Crippen LogP contribution in [0.15, 0.2) is 59.1 Å². The number of halogens is 3. The number of carbonyl (C=O) groups is 1. The molecule has 0 atom stereocenters. The predicted molar refractivity (Wildman–Crippen MR) is 103 cm³/mol. The van der Waals surface area contributed by atoms with Crippen molar-refractivity contribution in [2.24, 2.45) is 0 Å². The Morgan fingerprint density at radius 1 is 0.857 bits per heavy atom. The molecule has 0 aromatic heterocycles. The summed E-state index contributed by atoms with van der Waals surface area (Å²) in [6.07, 6.45) is 0.476. The van der Waals surface area contributed by atoms with Crippen molar-refractivity contribution in [3.8, 4) is 17.2 Å². The lowest BCUT2D eigenvalue weighted by Gasteiger charge is -2.15. The number of benzene rings is 3. The number of phenolic OH excluding ortho intramolecular Hbond substituents is 1. The Morgan fingerprint density at radius 3 is 1.79 bits per heavy atom. The van der Waals surface area contributed by atoms with Gasteiger partial charge in [-0.25, -0.2) is 8.78 Å². The zero-order valence-corrected chi connectivity index (χ0v) is 16.1. The zero-order chi connectivity index (χ0) is 20.1. The first-order valence-corrected chi connectivity index (χ1v) is 9.02. The number of aromatic hydroxyl groups is 1. The molecular formula is C21H15BrF2O4. The number of aldehydes is 1. The number of carbonyl (C=O) groups excluding carboxylic acids is 1. The largest absolute Gasteiger partial charge is 0.506 e. The molecule has 3 rings (SSSR count). The van der Waals surface area contributed by atoms with Gasteiger partial charge in [-0.3, -0.25) is 4.79 Å². The highest BCUT2D eigenvalue weighted by Gasteiger charge is 2.18. The third-order valence-electron chi connectivity index (χ3n) is 3.94. The van der Waals surface area contributed by atoms with E-state index in [0.717, 1.165) is 5.56 Å². The summed E-state index contributed by atoms with van der Waals surface area (Å²) in [5.74, 6) is -0.666. The Balaban J connectivity index is 1.81. The van der Waals surface area contributed by atoms with Crippen molar-refractivity contribution in [1.82, 2.24) is 0 Å². The maximum Gasteiger partial charge on any atom is 0.157 e. The SMILES string of the molecule is O=Cc1c(OCc2ccc(F)cc2)cc(OCc2ccc(F)cc2)c(Br)c1O. The smallest absolute Gasteiger partial charge is 0.157 e. The second-order valence-corrected chi connectivity index (χ2v) is 6.69. The van der Waals surface area contributed by atoms with E-state index in [0.29, 0.717) is 11.8 Å². The normalized spacial score (nSPS) is 10.5. The summed E-state index contributed by atoms with van der Waals surface area (Å²) >= 11 is 3.20. The Labute approximate surface area is 168 Å². The Morgan fingerprint density at radius 2 is 1.32 bits per heavy atom. The first-order valence-electron chi connectivity index (χ1n) is 8.23. The fourth-order valence-corrected chi connectivity index (χ4v) is 2.88. The molecular weight excluding hydrogens is 434 g/mol. The zero-order valence-electron chi connectivity index (χ0n) is 14.5. The monoisotopic (exact) mass is 448 g/mol. The first-order chi connectivity index (χ1) is 13.5. The van der Waals surface area contributed by atoms with Crippen LogP contribution in [0.5, 0.6) is 17.2 Å². The minimum Gasteiger partial charge on any atom is -0.506 e. The maximum atomic E-state index is 13.0. The van der Waals surface area contributed by atoms with E-state index in [1.807, 2.05) is 0 Å². The second kappa shape index (κ2) is 8.84. The van der Waals surface area contributed by atoms with Gasteiger partial charge in [-0.2, -0.15) is 0 Å². The van der Waals surface area contributed by atoms with E-state index in [-0.39, 0.29) is 52.1 Å². The van der Waals surface area contributed by atoms with Crippen LogP contribution in [0.3, 0.4) is 0 Å². The second-order valence-electron chi connectivity index (χ2n) is 5.90. The third kappa shape index (κ3) is 4.67. The minimum atomic E-state index is -0.366. The molecule has 7 heteroatoms. The number of hydrogen-bond acceptors (Lipinski definition) is 4. The molecule has 0 aliphatic heterocycles. The standard InChI is InChI=1S/C21H15BrF2O4/c22-20-19(28-12-14-3-7-16(24)8-4-14)9-18(17(10-25)21(20)26)27-11-13-1-5-15(23)6-2-13/h1-10,26H,11-12H2. The van der Waals surface area contributed by atoms with E-state index in [9.17, 15) is 18.7 Å². The molecule has 0 fully saturated rings. The van der Waals surface area contributed by atoms with Gasteiger partial charge in [-0.05, 0) is 51.3 Å². The van der Waals surface area contributed by atoms with Gasteiger partial charge in [0.2, 0.25) is 0 Å². The lowest BCUT2D eigenvalue weighted by atomic mass is 10.1. The van der Waals surface area contributed by atoms with Crippen LogP contribution < -0.4 is 9.47 Å². The lowest BCUT2D eigenvalue weighted by molar-refractivity contribution is 0.111. The van der Waals surface area contributed by atoms with E-state index in [2.05, 4.69) is 15.9 Å². The molecule has 28 heavy (non-hydrogen) atoms. The molecule has 4 nitrogen and oxygen atoms in total. The van der Waals surface area contributed by atoms with Crippen molar-refractivity contribution in [2.45, 2.75) is 13.2 Å². The van der Waals surface area contributed by atoms with Gasteiger partial charge in [-0.1, -0.05) is 24.3 Å². The molecule has 1 N–H and O–H groups in total. The summed E-state index contributed by atoms with van der Waals surface area (Å²) in [6, 6.07) is 13.0. The van der Waals surface area contributed by atoms with Gasteiger partial charge < -0.3 is 14.6 Å². The summed E-state index contributed by atoms with van der Waals surface area (Å²) in [5, 5.41) is 10.3. The van der Waals surface area contributed by atoms with Crippen molar-refractivity contribution in [3.63, 3.8) is 0 Å². The number of phenols is 1. The van der Waals surface area contributed by atoms with Crippen LogP contribution in [0.1, 0.15) is 21.5 Å². The molecule has 0 spiro atoms. The molecule has 0 amide bonds. The van der Waals surface area contributed by atoms with Crippen molar-refractivity contribution >= 4 is 22.2 Å². The van der Waals surface area contributed by atoms with Gasteiger partial charge in [0.1, 0.15) is 46.6 Å². The molecule has 0 saturated heterocycles. The van der Waals surface area contributed by atoms with E-state index in [4.69, 9.17) is 9.47 Å². The molecule has 0 aliphatic carbocycles. The molecule has 144 valence electrons. The topological polar surface area (TPSA) is 55.8 Å². The van der Waals surface area contributed by atoms with Crippen LogP contribution in [0.4, 0.5) is 8.78 Å². The molecule has 0 bridgehead atoms. The Kier molecular flexibility index (Phi) is 6.26. The van der Waals surface area contributed by atoms with Crippen LogP contribution in [0.25, 0.3) is 0 Å². The molecule has 0 radical (unpaired) electrons. The minimum absolute atomic E-state index is 0.0388. The van der Waals surface area contributed by atoms with Crippen LogP contribution >= 0.6 is 15.9 Å². The molecule has 0 saturated carbocycles. The third-order valence-corrected chi connectivity index (χ3v) is 4.71. The number of hydrogen-bond donors (Lipinski definition) is 1. The van der Waals surface area contributed by atoms with Gasteiger partial charge in [0.15, 0.2) is 6.29 Å². The van der Waals surface area contributed by atoms with Crippen molar-refractivity contribution in [3.05, 3.63) is 87.4 Å². The van der Waals surface area contributed by atoms with Crippen LogP contribution in [-0.4, -0.2) is 11.4 Å². The molecule has 3 aromatic carbocycles. The fourth-order valence-electron chi connectivity index (χ4n) is 2.43. The van der Waals surface area contributed by atoms with Gasteiger partial charge in [0, 0.05) is 6.07 Å². The van der Waals surface area contributed by atoms with Crippen LogP contribution in [0, 0.1) is 11.6 Å².